The molecule has 4 atom stereocenters. The first-order chi connectivity index (χ1) is 31.4. The Bertz CT molecular complexity index is 2310. The monoisotopic (exact) mass is 889 g/mol. The van der Waals surface area contributed by atoms with Gasteiger partial charge in [-0.05, 0) is 122 Å². The lowest BCUT2D eigenvalue weighted by Crippen LogP contribution is -2.53. The number of carbonyl (C=O) groups is 4. The molecule has 3 fully saturated rings. The number of amides is 4. The number of allylic oxidation sites excluding steroid dienone is 6. The average Bonchev–Trinajstić information content (AvgIpc) is 4.15. The predicted molar refractivity (Wildman–Crippen MR) is 250 cm³/mol. The van der Waals surface area contributed by atoms with Gasteiger partial charge in [-0.25, -0.2) is 19.6 Å². The van der Waals surface area contributed by atoms with Crippen molar-refractivity contribution in [3.05, 3.63) is 82.9 Å². The van der Waals surface area contributed by atoms with Gasteiger partial charge >= 0.3 is 12.2 Å². The highest BCUT2D eigenvalue weighted by molar-refractivity contribution is 5.89. The number of aromatic amines is 2. The predicted octanol–water partition coefficient (Wildman–Crippen LogP) is 9.58. The molecule has 1 saturated carbocycles. The SMILES string of the molecule is COC(=O)N[C@@H](CC(C)C)C(=O)N1CCCC[C@H]1c1ncc(-c2ccc(C3=CC=C(c4cnc([C@@H]5CCCCN5C(=O)[C@@H](NC(=O)OC)C(C)C)[nH]4)CC4=C3C3(CCCC3)CC4)cc2)[nH]1. The number of methoxy groups -OCH3 is 2. The number of imidazole rings is 2. The molecule has 2 aliphatic heterocycles. The van der Waals surface area contributed by atoms with Gasteiger partial charge in [0, 0.05) is 13.1 Å². The van der Waals surface area contributed by atoms with E-state index in [1.165, 1.54) is 74.2 Å². The zero-order chi connectivity index (χ0) is 45.8. The third-order valence-corrected chi connectivity index (χ3v) is 14.6. The second-order valence-electron chi connectivity index (χ2n) is 19.6. The number of fused-ring (bicyclic) bond motifs is 1. The standard InChI is InChI=1S/C51H68N8O6/c1-31(2)27-38(56-49(62)64-5)47(60)58-25-11-7-13-41(58)45-52-29-39(54-45)34-17-15-33(16-18-34)37-20-19-35(28-36-21-24-51(43(36)37)22-9-10-23-51)40-30-53-46(55-40)42-14-8-12-26-59(42)48(61)44(32(3)4)57-50(63)65-6/h15-20,29-32,38,41-42,44H,7-14,21-28H2,1-6H3,(H,52,54)(H,53,55)(H,56,62)(H,57,63)/t38-,41-,42-,44-/m0/s1. The zero-order valence-electron chi connectivity index (χ0n) is 39.1. The van der Waals surface area contributed by atoms with E-state index in [1.54, 1.807) is 0 Å². The van der Waals surface area contributed by atoms with E-state index >= 15 is 0 Å². The molecule has 5 aliphatic rings. The lowest BCUT2D eigenvalue weighted by molar-refractivity contribution is -0.139. The van der Waals surface area contributed by atoms with Crippen LogP contribution in [0.3, 0.4) is 0 Å². The molecule has 2 aromatic heterocycles. The summed E-state index contributed by atoms with van der Waals surface area (Å²) >= 11 is 0. The highest BCUT2D eigenvalue weighted by Crippen LogP contribution is 2.59. The fourth-order valence-electron chi connectivity index (χ4n) is 11.3. The highest BCUT2D eigenvalue weighted by Gasteiger charge is 2.45. The van der Waals surface area contributed by atoms with Crippen molar-refractivity contribution in [1.82, 2.24) is 40.4 Å². The molecule has 0 unspecified atom stereocenters. The quantitative estimate of drug-likeness (QED) is 0.139. The number of piperidine rings is 2. The highest BCUT2D eigenvalue weighted by atomic mass is 16.5. The van der Waals surface area contributed by atoms with Gasteiger partial charge in [0.1, 0.15) is 23.7 Å². The van der Waals surface area contributed by atoms with Gasteiger partial charge in [-0.3, -0.25) is 9.59 Å². The van der Waals surface area contributed by atoms with Gasteiger partial charge in [-0.15, -0.1) is 0 Å². The molecule has 8 rings (SSSR count). The van der Waals surface area contributed by atoms with Crippen molar-refractivity contribution in [3.8, 4) is 11.3 Å². The van der Waals surface area contributed by atoms with E-state index in [0.29, 0.717) is 19.5 Å². The Labute approximate surface area is 383 Å². The number of aromatic nitrogens is 4. The fourth-order valence-corrected chi connectivity index (χ4v) is 11.3. The minimum absolute atomic E-state index is 0.104. The smallest absolute Gasteiger partial charge is 0.407 e. The molecule has 3 aliphatic carbocycles. The third kappa shape index (κ3) is 9.68. The van der Waals surface area contributed by atoms with Crippen LogP contribution in [0.25, 0.3) is 22.4 Å². The number of alkyl carbamates (subject to hydrolysis) is 2. The molecular weight excluding hydrogens is 821 g/mol. The number of carbonyl (C=O) groups excluding carboxylic acids is 4. The maximum atomic E-state index is 14.0. The molecule has 3 aromatic rings. The Hall–Kier alpha value is -5.66. The first-order valence-corrected chi connectivity index (χ1v) is 24.0. The molecule has 1 spiro atoms. The molecule has 14 heteroatoms. The van der Waals surface area contributed by atoms with E-state index in [1.807, 2.05) is 49.9 Å². The summed E-state index contributed by atoms with van der Waals surface area (Å²) in [5.74, 6) is 1.42. The maximum Gasteiger partial charge on any atom is 0.407 e. The van der Waals surface area contributed by atoms with Crippen LogP contribution in [0.4, 0.5) is 9.59 Å². The molecule has 14 nitrogen and oxygen atoms in total. The van der Waals surface area contributed by atoms with Crippen LogP contribution in [0.5, 0.6) is 0 Å². The first-order valence-electron chi connectivity index (χ1n) is 24.0. The van der Waals surface area contributed by atoms with Gasteiger partial charge in [-0.2, -0.15) is 0 Å². The van der Waals surface area contributed by atoms with Crippen LogP contribution in [-0.4, -0.2) is 93.1 Å². The summed E-state index contributed by atoms with van der Waals surface area (Å²) in [6, 6.07) is 7.03. The summed E-state index contributed by atoms with van der Waals surface area (Å²) in [5, 5.41) is 5.55. The number of benzene rings is 1. The number of nitrogens with zero attached hydrogens (tertiary/aromatic N) is 4. The van der Waals surface area contributed by atoms with Gasteiger partial charge in [-0.1, -0.05) is 82.5 Å². The third-order valence-electron chi connectivity index (χ3n) is 14.6. The van der Waals surface area contributed by atoms with Crippen LogP contribution >= 0.6 is 0 Å². The van der Waals surface area contributed by atoms with E-state index in [-0.39, 0.29) is 41.1 Å². The van der Waals surface area contributed by atoms with Crippen molar-refractivity contribution in [3.63, 3.8) is 0 Å². The summed E-state index contributed by atoms with van der Waals surface area (Å²) in [6.07, 6.45) is 21.1. The van der Waals surface area contributed by atoms with E-state index in [9.17, 15) is 19.2 Å². The Morgan fingerprint density at radius 2 is 1.32 bits per heavy atom. The molecule has 4 N–H and O–H groups in total. The van der Waals surface area contributed by atoms with Crippen molar-refractivity contribution in [1.29, 1.82) is 0 Å². The van der Waals surface area contributed by atoms with Crippen LogP contribution in [0.2, 0.25) is 0 Å². The number of hydrogen-bond acceptors (Lipinski definition) is 8. The second-order valence-corrected chi connectivity index (χ2v) is 19.6. The van der Waals surface area contributed by atoms with Crippen LogP contribution in [0.1, 0.15) is 153 Å². The van der Waals surface area contributed by atoms with Crippen molar-refractivity contribution in [2.75, 3.05) is 27.3 Å². The van der Waals surface area contributed by atoms with E-state index < -0.39 is 24.3 Å². The molecular formula is C51H68N8O6. The number of likely N-dealkylation sites (tertiary alicyclic amines) is 2. The molecule has 1 aromatic carbocycles. The van der Waals surface area contributed by atoms with Gasteiger partial charge in [0.25, 0.3) is 0 Å². The van der Waals surface area contributed by atoms with Crippen LogP contribution in [0.15, 0.2) is 60.0 Å². The first kappa shape index (κ1) is 45.9. The van der Waals surface area contributed by atoms with E-state index in [0.717, 1.165) is 80.0 Å². The molecule has 65 heavy (non-hydrogen) atoms. The van der Waals surface area contributed by atoms with Gasteiger partial charge in [0.2, 0.25) is 11.8 Å². The molecule has 2 saturated heterocycles. The van der Waals surface area contributed by atoms with Crippen molar-refractivity contribution in [2.24, 2.45) is 17.3 Å². The lowest BCUT2D eigenvalue weighted by atomic mass is 9.74. The zero-order valence-corrected chi connectivity index (χ0v) is 39.1. The fraction of sp³-hybridized carbons (Fsp3) is 0.569. The Morgan fingerprint density at radius 3 is 1.94 bits per heavy atom. The van der Waals surface area contributed by atoms with Gasteiger partial charge < -0.3 is 39.9 Å². The van der Waals surface area contributed by atoms with E-state index in [2.05, 4.69) is 57.0 Å². The Morgan fingerprint density at radius 1 is 0.738 bits per heavy atom. The van der Waals surface area contributed by atoms with Gasteiger partial charge in [0.15, 0.2) is 0 Å². The number of ether oxygens (including phenoxy) is 2. The Kier molecular flexibility index (Phi) is 14.0. The molecule has 4 amide bonds. The lowest BCUT2D eigenvalue weighted by Gasteiger charge is -2.37. The molecule has 0 bridgehead atoms. The van der Waals surface area contributed by atoms with Crippen molar-refractivity contribution < 1.29 is 28.7 Å². The topological polar surface area (TPSA) is 175 Å². The summed E-state index contributed by atoms with van der Waals surface area (Å²) < 4.78 is 9.72. The van der Waals surface area contributed by atoms with Crippen molar-refractivity contribution in [2.45, 2.75) is 142 Å². The number of rotatable bonds is 12. The van der Waals surface area contributed by atoms with Crippen LogP contribution < -0.4 is 10.6 Å². The summed E-state index contributed by atoms with van der Waals surface area (Å²) in [7, 11) is 2.63. The normalized spacial score (nSPS) is 21.7. The number of hydrogen-bond donors (Lipinski definition) is 4. The van der Waals surface area contributed by atoms with Crippen molar-refractivity contribution >= 4 is 35.1 Å². The van der Waals surface area contributed by atoms with Crippen LogP contribution in [0, 0.1) is 17.3 Å². The summed E-state index contributed by atoms with van der Waals surface area (Å²) in [5.41, 5.74) is 9.79. The average molecular weight is 889 g/mol. The molecule has 348 valence electrons. The summed E-state index contributed by atoms with van der Waals surface area (Å²) in [4.78, 5) is 73.2. The largest absolute Gasteiger partial charge is 0.453 e. The molecule has 4 heterocycles. The minimum atomic E-state index is -0.691. The number of nitrogens with one attached hydrogen (secondary N) is 4. The molecule has 0 radical (unpaired) electrons. The maximum absolute atomic E-state index is 14.0. The Balaban J connectivity index is 1.04. The van der Waals surface area contributed by atoms with E-state index in [4.69, 9.17) is 19.4 Å². The number of H-pyrrole nitrogens is 2. The van der Waals surface area contributed by atoms with Crippen LogP contribution in [-0.2, 0) is 19.1 Å². The minimum Gasteiger partial charge on any atom is -0.453 e. The second kappa shape index (κ2) is 19.8. The van der Waals surface area contributed by atoms with Gasteiger partial charge in [0.05, 0.1) is 50.1 Å². The summed E-state index contributed by atoms with van der Waals surface area (Å²) in [6.45, 7) is 9.17.